The molecule has 0 saturated carbocycles. The average Bonchev–Trinajstić information content (AvgIpc) is 2.37. The zero-order chi connectivity index (χ0) is 15.6. The van der Waals surface area contributed by atoms with Crippen molar-refractivity contribution < 1.29 is 23.5 Å². The second-order valence-corrected chi connectivity index (χ2v) is 4.37. The molecule has 0 spiro atoms. The largest absolute Gasteiger partial charge is 0.450 e. The highest BCUT2D eigenvalue weighted by atomic mass is 19.1. The van der Waals surface area contributed by atoms with Crippen LogP contribution in [-0.2, 0) is 0 Å². The SMILES string of the molecule is CC(O)c1ccc(Oc2cc(F)cc(F)c2)c([N+](=O)[O-])c1. The lowest BCUT2D eigenvalue weighted by Crippen LogP contribution is -1.98. The fourth-order valence-electron chi connectivity index (χ4n) is 1.74. The maximum absolute atomic E-state index is 13.1. The Labute approximate surface area is 118 Å². The van der Waals surface area contributed by atoms with Crippen LogP contribution in [0.2, 0.25) is 0 Å². The Bertz CT molecular complexity index is 668. The van der Waals surface area contributed by atoms with Crippen LogP contribution in [0, 0.1) is 21.7 Å². The van der Waals surface area contributed by atoms with E-state index in [0.29, 0.717) is 11.6 Å². The Morgan fingerprint density at radius 2 is 1.81 bits per heavy atom. The number of hydrogen-bond acceptors (Lipinski definition) is 4. The molecule has 0 aromatic heterocycles. The number of hydrogen-bond donors (Lipinski definition) is 1. The minimum absolute atomic E-state index is 0.172. The second kappa shape index (κ2) is 5.84. The first-order valence-electron chi connectivity index (χ1n) is 5.97. The number of aliphatic hydroxyl groups is 1. The normalized spacial score (nSPS) is 12.0. The van der Waals surface area contributed by atoms with Gasteiger partial charge in [0.25, 0.3) is 0 Å². The van der Waals surface area contributed by atoms with Crippen LogP contribution in [0.25, 0.3) is 0 Å². The minimum Gasteiger partial charge on any atom is -0.450 e. The molecule has 5 nitrogen and oxygen atoms in total. The average molecular weight is 295 g/mol. The van der Waals surface area contributed by atoms with Gasteiger partial charge in [-0.15, -0.1) is 0 Å². The third-order valence-corrected chi connectivity index (χ3v) is 2.73. The van der Waals surface area contributed by atoms with E-state index in [2.05, 4.69) is 0 Å². The third kappa shape index (κ3) is 3.51. The molecule has 2 rings (SSSR count). The van der Waals surface area contributed by atoms with E-state index in [9.17, 15) is 24.0 Å². The van der Waals surface area contributed by atoms with E-state index in [1.54, 1.807) is 0 Å². The molecule has 2 aromatic carbocycles. The van der Waals surface area contributed by atoms with E-state index >= 15 is 0 Å². The van der Waals surface area contributed by atoms with Crippen molar-refractivity contribution in [3.63, 3.8) is 0 Å². The molecule has 7 heteroatoms. The molecule has 1 unspecified atom stereocenters. The molecule has 1 N–H and O–H groups in total. The van der Waals surface area contributed by atoms with Gasteiger partial charge in [0.15, 0.2) is 0 Å². The molecule has 0 saturated heterocycles. The highest BCUT2D eigenvalue weighted by molar-refractivity contribution is 5.51. The van der Waals surface area contributed by atoms with Crippen molar-refractivity contribution in [1.29, 1.82) is 0 Å². The van der Waals surface area contributed by atoms with E-state index in [1.807, 2.05) is 0 Å². The Hall–Kier alpha value is -2.54. The fourth-order valence-corrected chi connectivity index (χ4v) is 1.74. The van der Waals surface area contributed by atoms with Gasteiger partial charge in [0.1, 0.15) is 17.4 Å². The molecule has 0 heterocycles. The number of nitro groups is 1. The Morgan fingerprint density at radius 3 is 2.33 bits per heavy atom. The van der Waals surface area contributed by atoms with Gasteiger partial charge in [-0.2, -0.15) is 0 Å². The van der Waals surface area contributed by atoms with E-state index in [1.165, 1.54) is 19.1 Å². The Kier molecular flexibility index (Phi) is 4.13. The Balaban J connectivity index is 2.41. The highest BCUT2D eigenvalue weighted by Gasteiger charge is 2.18. The van der Waals surface area contributed by atoms with E-state index in [0.717, 1.165) is 18.2 Å². The number of halogens is 2. The molecular formula is C14H11F2NO4. The topological polar surface area (TPSA) is 72.6 Å². The Morgan fingerprint density at radius 1 is 1.19 bits per heavy atom. The van der Waals surface area contributed by atoms with Gasteiger partial charge < -0.3 is 9.84 Å². The van der Waals surface area contributed by atoms with Crippen molar-refractivity contribution in [3.8, 4) is 11.5 Å². The van der Waals surface area contributed by atoms with Crippen LogP contribution in [0.3, 0.4) is 0 Å². The first-order chi connectivity index (χ1) is 9.86. The van der Waals surface area contributed by atoms with Gasteiger partial charge in [-0.05, 0) is 18.6 Å². The van der Waals surface area contributed by atoms with Crippen LogP contribution in [0.15, 0.2) is 36.4 Å². The number of nitro benzene ring substituents is 1. The van der Waals surface area contributed by atoms with Crippen LogP contribution in [-0.4, -0.2) is 10.0 Å². The number of benzene rings is 2. The molecule has 0 aliphatic heterocycles. The molecule has 0 aliphatic rings. The van der Waals surface area contributed by atoms with Crippen molar-refractivity contribution in [1.82, 2.24) is 0 Å². The molecule has 21 heavy (non-hydrogen) atoms. The van der Waals surface area contributed by atoms with Gasteiger partial charge in [0.2, 0.25) is 5.75 Å². The summed E-state index contributed by atoms with van der Waals surface area (Å²) in [6.07, 6.45) is -0.885. The summed E-state index contributed by atoms with van der Waals surface area (Å²) in [5, 5.41) is 20.4. The maximum atomic E-state index is 13.1. The highest BCUT2D eigenvalue weighted by Crippen LogP contribution is 2.34. The van der Waals surface area contributed by atoms with Crippen molar-refractivity contribution >= 4 is 5.69 Å². The van der Waals surface area contributed by atoms with Gasteiger partial charge in [-0.3, -0.25) is 10.1 Å². The zero-order valence-electron chi connectivity index (χ0n) is 10.9. The lowest BCUT2D eigenvalue weighted by molar-refractivity contribution is -0.385. The van der Waals surface area contributed by atoms with Crippen molar-refractivity contribution in [2.24, 2.45) is 0 Å². The second-order valence-electron chi connectivity index (χ2n) is 4.37. The van der Waals surface area contributed by atoms with Crippen LogP contribution in [0.4, 0.5) is 14.5 Å². The lowest BCUT2D eigenvalue weighted by atomic mass is 10.1. The first-order valence-corrected chi connectivity index (χ1v) is 5.97. The molecular weight excluding hydrogens is 284 g/mol. The molecule has 0 fully saturated rings. The van der Waals surface area contributed by atoms with E-state index in [-0.39, 0.29) is 11.5 Å². The molecule has 1 atom stereocenters. The van der Waals surface area contributed by atoms with Gasteiger partial charge in [-0.25, -0.2) is 8.78 Å². The summed E-state index contributed by atoms with van der Waals surface area (Å²) in [5.74, 6) is -2.07. The minimum atomic E-state index is -0.885. The summed E-state index contributed by atoms with van der Waals surface area (Å²) in [7, 11) is 0. The molecule has 0 radical (unpaired) electrons. The number of aliphatic hydroxyl groups excluding tert-OH is 1. The van der Waals surface area contributed by atoms with Gasteiger partial charge in [-0.1, -0.05) is 6.07 Å². The van der Waals surface area contributed by atoms with Crippen LogP contribution < -0.4 is 4.74 Å². The number of ether oxygens (including phenoxy) is 1. The van der Waals surface area contributed by atoms with Gasteiger partial charge >= 0.3 is 5.69 Å². The van der Waals surface area contributed by atoms with Gasteiger partial charge in [0.05, 0.1) is 11.0 Å². The molecule has 0 aliphatic carbocycles. The predicted molar refractivity (Wildman–Crippen MR) is 70.2 cm³/mol. The molecule has 110 valence electrons. The summed E-state index contributed by atoms with van der Waals surface area (Å²) in [5.41, 5.74) is -0.0717. The van der Waals surface area contributed by atoms with Gasteiger partial charge in [0, 0.05) is 24.3 Å². The zero-order valence-corrected chi connectivity index (χ0v) is 10.9. The van der Waals surface area contributed by atoms with Crippen molar-refractivity contribution in [3.05, 3.63) is 63.7 Å². The molecule has 0 amide bonds. The smallest absolute Gasteiger partial charge is 0.311 e. The summed E-state index contributed by atoms with van der Waals surface area (Å²) in [6.45, 7) is 1.46. The van der Waals surface area contributed by atoms with Crippen LogP contribution >= 0.6 is 0 Å². The summed E-state index contributed by atoms with van der Waals surface area (Å²) in [6, 6.07) is 6.34. The quantitative estimate of drug-likeness (QED) is 0.689. The monoisotopic (exact) mass is 295 g/mol. The number of nitrogens with zero attached hydrogens (tertiary/aromatic N) is 1. The van der Waals surface area contributed by atoms with Crippen molar-refractivity contribution in [2.75, 3.05) is 0 Å². The first kappa shape index (κ1) is 14.9. The molecule has 0 bridgehead atoms. The summed E-state index contributed by atoms with van der Waals surface area (Å²) in [4.78, 5) is 10.3. The summed E-state index contributed by atoms with van der Waals surface area (Å²) < 4.78 is 31.3. The molecule has 2 aromatic rings. The maximum Gasteiger partial charge on any atom is 0.311 e. The third-order valence-electron chi connectivity index (χ3n) is 2.73. The predicted octanol–water partition coefficient (Wildman–Crippen LogP) is 3.72. The van der Waals surface area contributed by atoms with Crippen LogP contribution in [0.1, 0.15) is 18.6 Å². The summed E-state index contributed by atoms with van der Waals surface area (Å²) >= 11 is 0. The lowest BCUT2D eigenvalue weighted by Gasteiger charge is -2.09. The van der Waals surface area contributed by atoms with Crippen LogP contribution in [0.5, 0.6) is 11.5 Å². The standard InChI is InChI=1S/C14H11F2NO4/c1-8(18)9-2-3-14(13(4-9)17(19)20)21-12-6-10(15)5-11(16)7-12/h2-8,18H,1H3. The van der Waals surface area contributed by atoms with Crippen molar-refractivity contribution in [2.45, 2.75) is 13.0 Å². The fraction of sp³-hybridized carbons (Fsp3) is 0.143. The van der Waals surface area contributed by atoms with E-state index in [4.69, 9.17) is 4.74 Å². The van der Waals surface area contributed by atoms with E-state index < -0.39 is 28.3 Å². The number of rotatable bonds is 4.